The zero-order chi connectivity index (χ0) is 13.9. The molecular weight excluding hydrogens is 302 g/mol. The molecule has 3 heteroatoms. The van der Waals surface area contributed by atoms with Crippen molar-refractivity contribution in [3.8, 4) is 0 Å². The van der Waals surface area contributed by atoms with Crippen molar-refractivity contribution in [2.24, 2.45) is 17.1 Å². The maximum atomic E-state index is 10.8. The first-order valence-electron chi connectivity index (χ1n) is 7.25. The molecule has 0 spiro atoms. The molecule has 0 aliphatic heterocycles. The lowest BCUT2D eigenvalue weighted by atomic mass is 9.65. The summed E-state index contributed by atoms with van der Waals surface area (Å²) in [5, 5.41) is 10.8. The van der Waals surface area contributed by atoms with E-state index in [1.807, 2.05) is 24.3 Å². The molecule has 1 aliphatic carbocycles. The van der Waals surface area contributed by atoms with Crippen LogP contribution in [0.15, 0.2) is 28.7 Å². The van der Waals surface area contributed by atoms with Crippen LogP contribution in [-0.4, -0.2) is 11.7 Å². The number of hydrogen-bond donors (Lipinski definition) is 2. The van der Waals surface area contributed by atoms with Crippen LogP contribution < -0.4 is 5.73 Å². The molecule has 1 unspecified atom stereocenters. The second kappa shape index (κ2) is 6.38. The fourth-order valence-corrected chi connectivity index (χ4v) is 3.78. The minimum absolute atomic E-state index is 0.143. The molecule has 0 saturated heterocycles. The van der Waals surface area contributed by atoms with Crippen LogP contribution in [0.3, 0.4) is 0 Å². The first kappa shape index (κ1) is 15.0. The van der Waals surface area contributed by atoms with Crippen LogP contribution in [-0.2, 0) is 0 Å². The van der Waals surface area contributed by atoms with Gasteiger partial charge in [0.1, 0.15) is 0 Å². The number of aliphatic hydroxyl groups excluding tert-OH is 1. The van der Waals surface area contributed by atoms with Gasteiger partial charge < -0.3 is 10.8 Å². The molecule has 19 heavy (non-hydrogen) atoms. The van der Waals surface area contributed by atoms with Crippen LogP contribution in [0.5, 0.6) is 0 Å². The molecule has 2 nitrogen and oxygen atoms in total. The van der Waals surface area contributed by atoms with Crippen molar-refractivity contribution < 1.29 is 5.11 Å². The third kappa shape index (κ3) is 3.04. The minimum Gasteiger partial charge on any atom is -0.388 e. The highest BCUT2D eigenvalue weighted by atomic mass is 79.9. The Hall–Kier alpha value is -0.380. The molecule has 0 heterocycles. The van der Waals surface area contributed by atoms with Crippen LogP contribution in [0.1, 0.15) is 50.7 Å². The van der Waals surface area contributed by atoms with Crippen molar-refractivity contribution in [1.82, 2.24) is 0 Å². The third-order valence-electron chi connectivity index (χ3n) is 4.86. The first-order chi connectivity index (χ1) is 9.13. The first-order valence-corrected chi connectivity index (χ1v) is 8.05. The molecule has 0 bridgehead atoms. The zero-order valence-electron chi connectivity index (χ0n) is 11.6. The van der Waals surface area contributed by atoms with Crippen LogP contribution in [0.2, 0.25) is 0 Å². The fourth-order valence-electron chi connectivity index (χ4n) is 3.28. The number of rotatable bonds is 4. The van der Waals surface area contributed by atoms with Gasteiger partial charge in [-0.3, -0.25) is 0 Å². The summed E-state index contributed by atoms with van der Waals surface area (Å²) in [6.07, 6.45) is 5.22. The fraction of sp³-hybridized carbons (Fsp3) is 0.625. The number of aliphatic hydroxyl groups is 1. The number of hydrogen-bond acceptors (Lipinski definition) is 2. The maximum Gasteiger partial charge on any atom is 0.0869 e. The van der Waals surface area contributed by atoms with Gasteiger partial charge in [0, 0.05) is 16.4 Å². The van der Waals surface area contributed by atoms with Crippen LogP contribution in [0.4, 0.5) is 0 Å². The number of benzene rings is 1. The third-order valence-corrected chi connectivity index (χ3v) is 5.59. The predicted octanol–water partition coefficient (Wildman–Crippen LogP) is 4.03. The summed E-state index contributed by atoms with van der Waals surface area (Å²) in [5.41, 5.74) is 6.87. The van der Waals surface area contributed by atoms with E-state index in [9.17, 15) is 5.11 Å². The lowest BCUT2D eigenvalue weighted by Gasteiger charge is -2.43. The van der Waals surface area contributed by atoms with E-state index in [4.69, 9.17) is 5.73 Å². The van der Waals surface area contributed by atoms with E-state index in [1.165, 1.54) is 19.3 Å². The Morgan fingerprint density at radius 1 is 1.37 bits per heavy atom. The number of nitrogens with two attached hydrogens (primary N) is 1. The Balaban J connectivity index is 2.20. The molecule has 1 saturated carbocycles. The maximum absolute atomic E-state index is 10.8. The van der Waals surface area contributed by atoms with Gasteiger partial charge in [-0.15, -0.1) is 0 Å². The van der Waals surface area contributed by atoms with Crippen molar-refractivity contribution in [3.63, 3.8) is 0 Å². The van der Waals surface area contributed by atoms with Gasteiger partial charge >= 0.3 is 0 Å². The lowest BCUT2D eigenvalue weighted by molar-refractivity contribution is -0.0107. The molecule has 1 aliphatic rings. The molecule has 1 aromatic carbocycles. The van der Waals surface area contributed by atoms with Gasteiger partial charge in [-0.1, -0.05) is 47.5 Å². The number of halogens is 1. The van der Waals surface area contributed by atoms with Crippen LogP contribution >= 0.6 is 15.9 Å². The Morgan fingerprint density at radius 2 is 2.00 bits per heavy atom. The minimum atomic E-state index is -0.467. The SMILES string of the molecule is CCC1CCC(CN)(C(O)c2ccccc2Br)CC1. The van der Waals surface area contributed by atoms with Gasteiger partial charge in [0.05, 0.1) is 6.10 Å². The molecule has 1 atom stereocenters. The van der Waals surface area contributed by atoms with E-state index in [0.29, 0.717) is 6.54 Å². The van der Waals surface area contributed by atoms with Crippen LogP contribution in [0.25, 0.3) is 0 Å². The lowest BCUT2D eigenvalue weighted by Crippen LogP contribution is -2.40. The molecule has 3 N–H and O–H groups in total. The summed E-state index contributed by atoms with van der Waals surface area (Å²) >= 11 is 3.54. The standard InChI is InChI=1S/C16H24BrNO/c1-2-12-7-9-16(11-18,10-8-12)15(19)13-5-3-4-6-14(13)17/h3-6,12,15,19H,2,7-11,18H2,1H3. The van der Waals surface area contributed by atoms with Crippen molar-refractivity contribution in [2.75, 3.05) is 6.54 Å². The smallest absolute Gasteiger partial charge is 0.0869 e. The molecule has 0 amide bonds. The van der Waals surface area contributed by atoms with Crippen molar-refractivity contribution in [3.05, 3.63) is 34.3 Å². The van der Waals surface area contributed by atoms with E-state index in [0.717, 1.165) is 28.8 Å². The van der Waals surface area contributed by atoms with Crippen molar-refractivity contribution >= 4 is 15.9 Å². The van der Waals surface area contributed by atoms with Gasteiger partial charge in [-0.2, -0.15) is 0 Å². The van der Waals surface area contributed by atoms with Gasteiger partial charge in [0.25, 0.3) is 0 Å². The van der Waals surface area contributed by atoms with Gasteiger partial charge in [-0.25, -0.2) is 0 Å². The summed E-state index contributed by atoms with van der Waals surface area (Å²) in [6, 6.07) is 7.94. The molecule has 106 valence electrons. The average Bonchev–Trinajstić information content (AvgIpc) is 2.47. The molecule has 1 fully saturated rings. The topological polar surface area (TPSA) is 46.2 Å². The van der Waals surface area contributed by atoms with Crippen molar-refractivity contribution in [2.45, 2.75) is 45.1 Å². The molecule has 0 radical (unpaired) electrons. The summed E-state index contributed by atoms with van der Waals surface area (Å²) < 4.78 is 0.980. The van der Waals surface area contributed by atoms with E-state index >= 15 is 0 Å². The largest absolute Gasteiger partial charge is 0.388 e. The summed E-state index contributed by atoms with van der Waals surface area (Å²) in [7, 11) is 0. The van der Waals surface area contributed by atoms with E-state index in [1.54, 1.807) is 0 Å². The van der Waals surface area contributed by atoms with Gasteiger partial charge in [-0.05, 0) is 43.2 Å². The molecule has 1 aromatic rings. The summed E-state index contributed by atoms with van der Waals surface area (Å²) in [4.78, 5) is 0. The second-order valence-electron chi connectivity index (χ2n) is 5.84. The highest BCUT2D eigenvalue weighted by Gasteiger charge is 2.41. The van der Waals surface area contributed by atoms with E-state index in [2.05, 4.69) is 22.9 Å². The Labute approximate surface area is 124 Å². The zero-order valence-corrected chi connectivity index (χ0v) is 13.2. The van der Waals surface area contributed by atoms with E-state index in [-0.39, 0.29) is 5.41 Å². The highest BCUT2D eigenvalue weighted by molar-refractivity contribution is 9.10. The predicted molar refractivity (Wildman–Crippen MR) is 82.8 cm³/mol. The van der Waals surface area contributed by atoms with Crippen LogP contribution in [0, 0.1) is 11.3 Å². The Bertz CT molecular complexity index is 413. The van der Waals surface area contributed by atoms with Gasteiger partial charge in [0.2, 0.25) is 0 Å². The average molecular weight is 326 g/mol. The normalized spacial score (nSPS) is 29.2. The molecule has 0 aromatic heterocycles. The Morgan fingerprint density at radius 3 is 2.53 bits per heavy atom. The summed E-state index contributed by atoms with van der Waals surface area (Å²) in [5.74, 6) is 0.811. The highest BCUT2D eigenvalue weighted by Crippen LogP contribution is 2.48. The Kier molecular flexibility index (Phi) is 5.04. The molecular formula is C16H24BrNO. The van der Waals surface area contributed by atoms with E-state index < -0.39 is 6.10 Å². The monoisotopic (exact) mass is 325 g/mol. The summed E-state index contributed by atoms with van der Waals surface area (Å²) in [6.45, 7) is 2.82. The molecule has 2 rings (SSSR count). The second-order valence-corrected chi connectivity index (χ2v) is 6.70. The quantitative estimate of drug-likeness (QED) is 0.877. The van der Waals surface area contributed by atoms with Gasteiger partial charge in [0.15, 0.2) is 0 Å². The van der Waals surface area contributed by atoms with Crippen molar-refractivity contribution in [1.29, 1.82) is 0 Å².